The number of aromatic nitrogens is 3. The predicted molar refractivity (Wildman–Crippen MR) is 116 cm³/mol. The fourth-order valence-corrected chi connectivity index (χ4v) is 5.36. The lowest BCUT2D eigenvalue weighted by atomic mass is 9.77. The Balaban J connectivity index is 1.23. The molecule has 4 atom stereocenters. The number of amides is 2. The minimum Gasteiger partial charge on any atom is -0.376 e. The second-order valence-electron chi connectivity index (χ2n) is 9.22. The van der Waals surface area contributed by atoms with Gasteiger partial charge >= 0.3 is 0 Å². The normalized spacial score (nSPS) is 27.8. The van der Waals surface area contributed by atoms with E-state index >= 15 is 0 Å². The Morgan fingerprint density at radius 1 is 1.23 bits per heavy atom. The molecule has 2 aliphatic carbocycles. The number of nitrogens with one attached hydrogen (secondary N) is 1. The highest BCUT2D eigenvalue weighted by molar-refractivity contribution is 7.08. The minimum atomic E-state index is -0.0778. The van der Waals surface area contributed by atoms with Gasteiger partial charge in [-0.25, -0.2) is 4.37 Å². The van der Waals surface area contributed by atoms with E-state index in [1.165, 1.54) is 24.4 Å². The molecular formula is C22H29N5O3S. The van der Waals surface area contributed by atoms with Crippen molar-refractivity contribution in [3.8, 4) is 0 Å². The number of rotatable bonds is 7. The van der Waals surface area contributed by atoms with Gasteiger partial charge in [0.05, 0.1) is 17.8 Å². The summed E-state index contributed by atoms with van der Waals surface area (Å²) in [7, 11) is 0. The van der Waals surface area contributed by atoms with Crippen molar-refractivity contribution < 1.29 is 14.3 Å². The summed E-state index contributed by atoms with van der Waals surface area (Å²) in [5.41, 5.74) is 0.915. The summed E-state index contributed by atoms with van der Waals surface area (Å²) in [5.74, 6) is 1.51. The fourth-order valence-electron chi connectivity index (χ4n) is 4.86. The van der Waals surface area contributed by atoms with Crippen molar-refractivity contribution in [2.24, 2.45) is 17.8 Å². The van der Waals surface area contributed by atoms with Crippen LogP contribution in [0.1, 0.15) is 41.0 Å². The van der Waals surface area contributed by atoms with Gasteiger partial charge in [0.1, 0.15) is 11.4 Å². The molecule has 166 valence electrons. The third-order valence-corrected chi connectivity index (χ3v) is 7.51. The Kier molecular flexibility index (Phi) is 5.79. The summed E-state index contributed by atoms with van der Waals surface area (Å²) < 4.78 is 12.0. The molecule has 0 unspecified atom stereocenters. The van der Waals surface area contributed by atoms with Crippen molar-refractivity contribution >= 4 is 23.3 Å². The lowest BCUT2D eigenvalue weighted by Gasteiger charge is -2.38. The molecule has 2 saturated carbocycles. The van der Waals surface area contributed by atoms with Crippen LogP contribution in [0.25, 0.3) is 0 Å². The monoisotopic (exact) mass is 443 g/mol. The van der Waals surface area contributed by atoms with E-state index < -0.39 is 0 Å². The second-order valence-corrected chi connectivity index (χ2v) is 10.1. The van der Waals surface area contributed by atoms with Crippen LogP contribution in [-0.4, -0.2) is 62.7 Å². The van der Waals surface area contributed by atoms with E-state index in [2.05, 4.69) is 14.8 Å². The third kappa shape index (κ3) is 4.82. The summed E-state index contributed by atoms with van der Waals surface area (Å²) in [4.78, 5) is 28.1. The van der Waals surface area contributed by atoms with Crippen LogP contribution in [0.3, 0.4) is 0 Å². The van der Waals surface area contributed by atoms with Gasteiger partial charge in [-0.1, -0.05) is 0 Å². The highest BCUT2D eigenvalue weighted by atomic mass is 32.1. The number of carbonyl (C=O) groups excluding carboxylic acids is 2. The first-order valence-electron chi connectivity index (χ1n) is 11.2. The molecule has 0 spiro atoms. The number of hydrogen-bond donors (Lipinski definition) is 1. The predicted octanol–water partition coefficient (Wildman–Crippen LogP) is 2.11. The molecule has 31 heavy (non-hydrogen) atoms. The molecule has 0 bridgehead atoms. The number of carbonyl (C=O) groups is 2. The molecule has 3 fully saturated rings. The van der Waals surface area contributed by atoms with Crippen LogP contribution in [0.15, 0.2) is 24.5 Å². The van der Waals surface area contributed by atoms with Crippen molar-refractivity contribution in [3.05, 3.63) is 35.1 Å². The molecule has 9 heteroatoms. The molecule has 5 rings (SSSR count). The number of nitrogens with zero attached hydrogens (tertiary/aromatic N) is 4. The second kappa shape index (κ2) is 8.70. The van der Waals surface area contributed by atoms with E-state index in [4.69, 9.17) is 4.74 Å². The van der Waals surface area contributed by atoms with E-state index in [0.717, 1.165) is 38.2 Å². The van der Waals surface area contributed by atoms with Crippen molar-refractivity contribution in [2.45, 2.75) is 51.3 Å². The largest absolute Gasteiger partial charge is 0.376 e. The van der Waals surface area contributed by atoms with Gasteiger partial charge in [-0.15, -0.1) is 0 Å². The van der Waals surface area contributed by atoms with Crippen molar-refractivity contribution in [3.63, 3.8) is 0 Å². The third-order valence-electron chi connectivity index (χ3n) is 6.76. The maximum absolute atomic E-state index is 12.8. The van der Waals surface area contributed by atoms with E-state index in [9.17, 15) is 9.59 Å². The lowest BCUT2D eigenvalue weighted by Crippen LogP contribution is -2.50. The van der Waals surface area contributed by atoms with Crippen LogP contribution >= 0.6 is 11.5 Å². The number of hydrogen-bond acceptors (Lipinski definition) is 6. The molecule has 0 radical (unpaired) electrons. The standard InChI is InChI=1S/C22H29N5O3S/c1-14-5-7-27(25-14)12-21(28)26-10-16-8-18(24-22(29)20-4-6-23-31-20)19(9-17(16)11-26)30-13-15-2-3-15/h4-7,15-19H,2-3,8-13H2,1H3,(H,24,29)/t16-,17+,18-,19-/m0/s1. The molecule has 1 aliphatic heterocycles. The van der Waals surface area contributed by atoms with Crippen molar-refractivity contribution in [1.82, 2.24) is 24.4 Å². The molecule has 8 nitrogen and oxygen atoms in total. The molecule has 3 aliphatic rings. The van der Waals surface area contributed by atoms with E-state index in [1.54, 1.807) is 16.9 Å². The minimum absolute atomic E-state index is 0.00235. The first kappa shape index (κ1) is 20.6. The number of likely N-dealkylation sites (tertiary alicyclic amines) is 1. The van der Waals surface area contributed by atoms with E-state index in [-0.39, 0.29) is 30.5 Å². The molecule has 2 aromatic heterocycles. The fraction of sp³-hybridized carbons (Fsp3) is 0.636. The maximum atomic E-state index is 12.8. The molecule has 1 saturated heterocycles. The Morgan fingerprint density at radius 2 is 2.03 bits per heavy atom. The molecule has 3 heterocycles. The summed E-state index contributed by atoms with van der Waals surface area (Å²) in [6.45, 7) is 4.49. The van der Waals surface area contributed by atoms with E-state index in [0.29, 0.717) is 22.6 Å². The highest BCUT2D eigenvalue weighted by Crippen LogP contribution is 2.39. The SMILES string of the molecule is Cc1ccn(CC(=O)N2C[C@H]3C[C@H](OCC4CC4)[C@@H](NC(=O)c4ccns4)C[C@H]3C2)n1. The number of fused-ring (bicyclic) bond motifs is 1. The number of aryl methyl sites for hydroxylation is 1. The van der Waals surface area contributed by atoms with Crippen molar-refractivity contribution in [2.75, 3.05) is 19.7 Å². The first-order valence-corrected chi connectivity index (χ1v) is 11.9. The van der Waals surface area contributed by atoms with Crippen LogP contribution in [0.4, 0.5) is 0 Å². The quantitative estimate of drug-likeness (QED) is 0.708. The molecule has 2 amide bonds. The van der Waals surface area contributed by atoms with Gasteiger partial charge in [-0.3, -0.25) is 14.3 Å². The van der Waals surface area contributed by atoms with Crippen LogP contribution in [0.2, 0.25) is 0 Å². The zero-order chi connectivity index (χ0) is 21.4. The van der Waals surface area contributed by atoms with Gasteiger partial charge in [0, 0.05) is 32.1 Å². The van der Waals surface area contributed by atoms with Crippen LogP contribution < -0.4 is 5.32 Å². The van der Waals surface area contributed by atoms with Gasteiger partial charge in [0.25, 0.3) is 5.91 Å². The van der Waals surface area contributed by atoms with Gasteiger partial charge in [-0.05, 0) is 74.0 Å². The van der Waals surface area contributed by atoms with Gasteiger partial charge < -0.3 is 15.0 Å². The van der Waals surface area contributed by atoms with Crippen LogP contribution in [-0.2, 0) is 16.1 Å². The Hall–Kier alpha value is -2.26. The molecular weight excluding hydrogens is 414 g/mol. The van der Waals surface area contributed by atoms with Gasteiger partial charge in [0.15, 0.2) is 0 Å². The Morgan fingerprint density at radius 3 is 2.71 bits per heavy atom. The lowest BCUT2D eigenvalue weighted by molar-refractivity contribution is -0.131. The average Bonchev–Trinajstić information content (AvgIpc) is 3.11. The first-order chi connectivity index (χ1) is 15.0. The summed E-state index contributed by atoms with van der Waals surface area (Å²) in [6.07, 6.45) is 7.72. The summed E-state index contributed by atoms with van der Waals surface area (Å²) >= 11 is 1.21. The zero-order valence-electron chi connectivity index (χ0n) is 17.8. The average molecular weight is 444 g/mol. The molecule has 1 N–H and O–H groups in total. The van der Waals surface area contributed by atoms with Gasteiger partial charge in [0.2, 0.25) is 5.91 Å². The highest BCUT2D eigenvalue weighted by Gasteiger charge is 2.44. The van der Waals surface area contributed by atoms with Crippen LogP contribution in [0, 0.1) is 24.7 Å². The van der Waals surface area contributed by atoms with Crippen molar-refractivity contribution in [1.29, 1.82) is 0 Å². The molecule has 0 aromatic carbocycles. The van der Waals surface area contributed by atoms with Gasteiger partial charge in [-0.2, -0.15) is 5.10 Å². The zero-order valence-corrected chi connectivity index (χ0v) is 18.6. The Labute approximate surface area is 186 Å². The van der Waals surface area contributed by atoms with E-state index in [1.807, 2.05) is 24.1 Å². The summed E-state index contributed by atoms with van der Waals surface area (Å²) in [5, 5.41) is 7.54. The summed E-state index contributed by atoms with van der Waals surface area (Å²) in [6, 6.07) is 3.63. The molecule has 2 aromatic rings. The Bertz CT molecular complexity index is 925. The maximum Gasteiger partial charge on any atom is 0.263 e. The smallest absolute Gasteiger partial charge is 0.263 e. The number of ether oxygens (including phenoxy) is 1. The topological polar surface area (TPSA) is 89.4 Å². The van der Waals surface area contributed by atoms with Crippen LogP contribution in [0.5, 0.6) is 0 Å².